The Morgan fingerprint density at radius 2 is 1.61 bits per heavy atom. The van der Waals surface area contributed by atoms with Gasteiger partial charge < -0.3 is 10.1 Å². The van der Waals surface area contributed by atoms with Crippen molar-refractivity contribution in [3.05, 3.63) is 78.4 Å². The van der Waals surface area contributed by atoms with E-state index in [0.29, 0.717) is 6.54 Å². The predicted octanol–water partition coefficient (Wildman–Crippen LogP) is 2.90. The first-order valence-electron chi connectivity index (χ1n) is 10.8. The smallest absolute Gasteiger partial charge is 0.307 e. The highest BCUT2D eigenvalue weighted by Gasteiger charge is 2.44. The van der Waals surface area contributed by atoms with Gasteiger partial charge in [0.2, 0.25) is 10.0 Å². The van der Waals surface area contributed by atoms with Gasteiger partial charge in [-0.25, -0.2) is 13.1 Å². The van der Waals surface area contributed by atoms with Crippen LogP contribution in [0, 0.1) is 0 Å². The first kappa shape index (κ1) is 22.9. The van der Waals surface area contributed by atoms with Crippen molar-refractivity contribution in [1.29, 1.82) is 0 Å². The maximum Gasteiger partial charge on any atom is 0.307 e. The molecule has 3 aromatic carbocycles. The lowest BCUT2D eigenvalue weighted by Gasteiger charge is -2.16. The van der Waals surface area contributed by atoms with Crippen LogP contribution in [0.2, 0.25) is 0 Å². The second kappa shape index (κ2) is 9.72. The Balaban J connectivity index is 1.19. The van der Waals surface area contributed by atoms with Crippen molar-refractivity contribution in [3.8, 4) is 0 Å². The molecule has 1 amide bonds. The number of fused-ring (bicyclic) bond motifs is 1. The van der Waals surface area contributed by atoms with Gasteiger partial charge >= 0.3 is 5.97 Å². The van der Waals surface area contributed by atoms with E-state index < -0.39 is 16.0 Å². The number of rotatable bonds is 10. The number of esters is 1. The standard InChI is InChI=1S/C25H26N2O5S/c28-23(26-18-25(13-14-25)21-8-2-1-3-9-21)17-32-24(29)12-15-27-33(30,31)22-11-10-19-6-4-5-7-20(19)16-22/h1-11,16,27H,12-15,17-18H2,(H,26,28). The molecular formula is C25H26N2O5S. The number of nitrogens with one attached hydrogen (secondary N) is 2. The summed E-state index contributed by atoms with van der Waals surface area (Å²) in [5, 5.41) is 4.58. The summed E-state index contributed by atoms with van der Waals surface area (Å²) in [6.07, 6.45) is 1.84. The van der Waals surface area contributed by atoms with Crippen molar-refractivity contribution in [2.24, 2.45) is 0 Å². The average Bonchev–Trinajstić information content (AvgIpc) is 3.63. The number of benzene rings is 3. The van der Waals surface area contributed by atoms with E-state index in [9.17, 15) is 18.0 Å². The molecule has 2 N–H and O–H groups in total. The van der Waals surface area contributed by atoms with Gasteiger partial charge in [0.05, 0.1) is 11.3 Å². The van der Waals surface area contributed by atoms with Crippen LogP contribution in [0.15, 0.2) is 77.7 Å². The first-order chi connectivity index (χ1) is 15.9. The fourth-order valence-electron chi connectivity index (χ4n) is 3.75. The number of carbonyl (C=O) groups is 2. The molecule has 33 heavy (non-hydrogen) atoms. The molecule has 8 heteroatoms. The van der Waals surface area contributed by atoms with E-state index in [2.05, 4.69) is 22.2 Å². The lowest BCUT2D eigenvalue weighted by atomic mass is 9.96. The fourth-order valence-corrected chi connectivity index (χ4v) is 4.82. The summed E-state index contributed by atoms with van der Waals surface area (Å²) < 4.78 is 32.4. The van der Waals surface area contributed by atoms with Crippen LogP contribution in [0.3, 0.4) is 0 Å². The lowest BCUT2D eigenvalue weighted by Crippen LogP contribution is -2.35. The summed E-state index contributed by atoms with van der Waals surface area (Å²) in [7, 11) is -3.76. The van der Waals surface area contributed by atoms with Gasteiger partial charge in [0.25, 0.3) is 5.91 Å². The van der Waals surface area contributed by atoms with Gasteiger partial charge in [-0.15, -0.1) is 0 Å². The van der Waals surface area contributed by atoms with Gasteiger partial charge in [0.1, 0.15) is 0 Å². The van der Waals surface area contributed by atoms with Gasteiger partial charge in [0, 0.05) is 18.5 Å². The van der Waals surface area contributed by atoms with Gasteiger partial charge in [-0.1, -0.05) is 60.7 Å². The van der Waals surface area contributed by atoms with E-state index in [1.807, 2.05) is 42.5 Å². The second-order valence-corrected chi connectivity index (χ2v) is 10.0. The third-order valence-electron chi connectivity index (χ3n) is 5.88. The van der Waals surface area contributed by atoms with Crippen molar-refractivity contribution in [3.63, 3.8) is 0 Å². The highest BCUT2D eigenvalue weighted by atomic mass is 32.2. The number of hydrogen-bond donors (Lipinski definition) is 2. The molecule has 172 valence electrons. The molecule has 0 heterocycles. The third-order valence-corrected chi connectivity index (χ3v) is 7.34. The van der Waals surface area contributed by atoms with Crippen molar-refractivity contribution in [2.45, 2.75) is 29.6 Å². The van der Waals surface area contributed by atoms with Crippen LogP contribution < -0.4 is 10.0 Å². The molecule has 3 aromatic rings. The molecule has 1 aliphatic carbocycles. The highest BCUT2D eigenvalue weighted by Crippen LogP contribution is 2.47. The normalized spacial score (nSPS) is 14.5. The van der Waals surface area contributed by atoms with Crippen molar-refractivity contribution in [2.75, 3.05) is 19.7 Å². The summed E-state index contributed by atoms with van der Waals surface area (Å²) in [6.45, 7) is -0.00713. The molecular weight excluding hydrogens is 440 g/mol. The van der Waals surface area contributed by atoms with Crippen molar-refractivity contribution < 1.29 is 22.7 Å². The summed E-state index contributed by atoms with van der Waals surface area (Å²) in [5.74, 6) is -1.02. The summed E-state index contributed by atoms with van der Waals surface area (Å²) >= 11 is 0. The SMILES string of the molecule is O=C(COC(=O)CCNS(=O)(=O)c1ccc2ccccc2c1)NCC1(c2ccccc2)CC1. The molecule has 4 rings (SSSR count). The second-order valence-electron chi connectivity index (χ2n) is 8.24. The monoisotopic (exact) mass is 466 g/mol. The minimum atomic E-state index is -3.76. The Kier molecular flexibility index (Phi) is 6.76. The van der Waals surface area contributed by atoms with Gasteiger partial charge in [-0.3, -0.25) is 9.59 Å². The first-order valence-corrected chi connectivity index (χ1v) is 12.3. The summed E-state index contributed by atoms with van der Waals surface area (Å²) in [4.78, 5) is 24.1. The Hall–Kier alpha value is -3.23. The van der Waals surface area contributed by atoms with Crippen LogP contribution >= 0.6 is 0 Å². The minimum Gasteiger partial charge on any atom is -0.456 e. The van der Waals surface area contributed by atoms with Crippen LogP contribution in [0.4, 0.5) is 0 Å². The van der Waals surface area contributed by atoms with E-state index in [0.717, 1.165) is 23.6 Å². The highest BCUT2D eigenvalue weighted by molar-refractivity contribution is 7.89. The molecule has 1 aliphatic rings. The van der Waals surface area contributed by atoms with Crippen LogP contribution in [0.25, 0.3) is 10.8 Å². The molecule has 7 nitrogen and oxygen atoms in total. The molecule has 1 saturated carbocycles. The maximum absolute atomic E-state index is 12.5. The molecule has 0 unspecified atom stereocenters. The quantitative estimate of drug-likeness (QED) is 0.448. The van der Waals surface area contributed by atoms with E-state index in [4.69, 9.17) is 4.74 Å². The molecule has 0 saturated heterocycles. The molecule has 0 atom stereocenters. The van der Waals surface area contributed by atoms with Crippen LogP contribution in [0.5, 0.6) is 0 Å². The van der Waals surface area contributed by atoms with Gasteiger partial charge in [0.15, 0.2) is 6.61 Å². The van der Waals surface area contributed by atoms with Gasteiger partial charge in [-0.2, -0.15) is 0 Å². The molecule has 0 spiro atoms. The van der Waals surface area contributed by atoms with E-state index in [-0.39, 0.29) is 35.8 Å². The van der Waals surface area contributed by atoms with Gasteiger partial charge in [-0.05, 0) is 41.3 Å². The minimum absolute atomic E-state index is 0.0258. The summed E-state index contributed by atoms with van der Waals surface area (Å²) in [6, 6.07) is 22.3. The van der Waals surface area contributed by atoms with Crippen LogP contribution in [-0.4, -0.2) is 40.0 Å². The largest absolute Gasteiger partial charge is 0.456 e. The zero-order chi connectivity index (χ0) is 23.3. The molecule has 0 bridgehead atoms. The Bertz CT molecular complexity index is 1250. The number of carbonyl (C=O) groups excluding carboxylic acids is 2. The zero-order valence-electron chi connectivity index (χ0n) is 18.1. The summed E-state index contributed by atoms with van der Waals surface area (Å²) in [5.41, 5.74) is 1.17. The third kappa shape index (κ3) is 5.77. The Morgan fingerprint density at radius 1 is 0.909 bits per heavy atom. The molecule has 0 radical (unpaired) electrons. The predicted molar refractivity (Wildman–Crippen MR) is 125 cm³/mol. The number of ether oxygens (including phenoxy) is 1. The van der Waals surface area contributed by atoms with Crippen LogP contribution in [0.1, 0.15) is 24.8 Å². The number of sulfonamides is 1. The number of amides is 1. The Morgan fingerprint density at radius 3 is 2.33 bits per heavy atom. The average molecular weight is 467 g/mol. The molecule has 1 fully saturated rings. The van der Waals surface area contributed by atoms with Crippen molar-refractivity contribution >= 4 is 32.7 Å². The Labute approximate surface area is 193 Å². The van der Waals surface area contributed by atoms with E-state index in [1.165, 1.54) is 11.6 Å². The van der Waals surface area contributed by atoms with E-state index in [1.54, 1.807) is 12.1 Å². The lowest BCUT2D eigenvalue weighted by molar-refractivity contribution is -0.148. The topological polar surface area (TPSA) is 102 Å². The fraction of sp³-hybridized carbons (Fsp3) is 0.280. The van der Waals surface area contributed by atoms with Crippen molar-refractivity contribution in [1.82, 2.24) is 10.0 Å². The number of hydrogen-bond acceptors (Lipinski definition) is 5. The van der Waals surface area contributed by atoms with Crippen LogP contribution in [-0.2, 0) is 29.8 Å². The maximum atomic E-state index is 12.5. The van der Waals surface area contributed by atoms with E-state index >= 15 is 0 Å². The molecule has 0 aromatic heterocycles. The zero-order valence-corrected chi connectivity index (χ0v) is 18.9. The molecule has 0 aliphatic heterocycles.